The molecule has 0 radical (unpaired) electrons. The number of rotatable bonds is 6. The van der Waals surface area contributed by atoms with E-state index in [2.05, 4.69) is 11.3 Å². The van der Waals surface area contributed by atoms with Crippen LogP contribution in [0.2, 0.25) is 0 Å². The Labute approximate surface area is 65.4 Å². The highest BCUT2D eigenvalue weighted by Crippen LogP contribution is 1.96. The van der Waals surface area contributed by atoms with Crippen molar-refractivity contribution in [3.05, 3.63) is 24.8 Å². The SMILES string of the molecule is C=C/C=C/[C@H](CC=O)OC=O. The molecule has 0 aromatic carbocycles. The monoisotopic (exact) mass is 154 g/mol. The van der Waals surface area contributed by atoms with Gasteiger partial charge in [0.2, 0.25) is 0 Å². The molecule has 0 bridgehead atoms. The summed E-state index contributed by atoms with van der Waals surface area (Å²) in [5.41, 5.74) is 0. The van der Waals surface area contributed by atoms with Gasteiger partial charge in [0, 0.05) is 6.42 Å². The summed E-state index contributed by atoms with van der Waals surface area (Å²) in [6.07, 6.45) is 5.19. The lowest BCUT2D eigenvalue weighted by Crippen LogP contribution is -2.08. The minimum absolute atomic E-state index is 0.184. The van der Waals surface area contributed by atoms with Gasteiger partial charge in [0.1, 0.15) is 12.4 Å². The molecular weight excluding hydrogens is 144 g/mol. The maximum absolute atomic E-state index is 10.00. The van der Waals surface area contributed by atoms with Crippen LogP contribution < -0.4 is 0 Å². The Hall–Kier alpha value is -1.38. The van der Waals surface area contributed by atoms with Crippen molar-refractivity contribution >= 4 is 12.8 Å². The number of ether oxygens (including phenoxy) is 1. The zero-order valence-electron chi connectivity index (χ0n) is 6.10. The third-order valence-electron chi connectivity index (χ3n) is 1.02. The van der Waals surface area contributed by atoms with Crippen molar-refractivity contribution in [2.24, 2.45) is 0 Å². The summed E-state index contributed by atoms with van der Waals surface area (Å²) >= 11 is 0. The van der Waals surface area contributed by atoms with Crippen LogP contribution in [0.5, 0.6) is 0 Å². The Morgan fingerprint density at radius 1 is 1.45 bits per heavy atom. The van der Waals surface area contributed by atoms with Gasteiger partial charge in [-0.3, -0.25) is 4.79 Å². The minimum atomic E-state index is -0.456. The molecule has 0 aliphatic rings. The molecule has 3 nitrogen and oxygen atoms in total. The van der Waals surface area contributed by atoms with Crippen LogP contribution in [-0.4, -0.2) is 18.9 Å². The molecule has 0 amide bonds. The summed E-state index contributed by atoms with van der Waals surface area (Å²) < 4.78 is 4.54. The fraction of sp³-hybridized carbons (Fsp3) is 0.250. The summed E-state index contributed by atoms with van der Waals surface area (Å²) in [6, 6.07) is 0. The average molecular weight is 154 g/mol. The zero-order chi connectivity index (χ0) is 8.53. The van der Waals surface area contributed by atoms with E-state index in [9.17, 15) is 9.59 Å². The highest BCUT2D eigenvalue weighted by atomic mass is 16.5. The number of aldehydes is 1. The second kappa shape index (κ2) is 6.74. The molecule has 0 fully saturated rings. The molecule has 0 saturated carbocycles. The normalized spacial score (nSPS) is 12.4. The summed E-state index contributed by atoms with van der Waals surface area (Å²) in [4.78, 5) is 19.9. The van der Waals surface area contributed by atoms with Gasteiger partial charge in [0.25, 0.3) is 6.47 Å². The lowest BCUT2D eigenvalue weighted by Gasteiger charge is -2.04. The molecule has 0 heterocycles. The number of hydrogen-bond donors (Lipinski definition) is 0. The maximum atomic E-state index is 10.00. The summed E-state index contributed by atoms with van der Waals surface area (Å²) in [6.45, 7) is 3.75. The molecule has 0 aromatic rings. The van der Waals surface area contributed by atoms with Crippen molar-refractivity contribution in [3.63, 3.8) is 0 Å². The molecule has 0 rings (SSSR count). The lowest BCUT2D eigenvalue weighted by atomic mass is 10.2. The van der Waals surface area contributed by atoms with Gasteiger partial charge in [0.15, 0.2) is 0 Å². The minimum Gasteiger partial charge on any atom is -0.460 e. The molecule has 0 N–H and O–H groups in total. The van der Waals surface area contributed by atoms with Gasteiger partial charge in [-0.25, -0.2) is 0 Å². The molecule has 11 heavy (non-hydrogen) atoms. The predicted octanol–water partition coefficient (Wildman–Crippen LogP) is 0.859. The number of hydrogen-bond acceptors (Lipinski definition) is 3. The van der Waals surface area contributed by atoms with E-state index in [1.165, 1.54) is 0 Å². The van der Waals surface area contributed by atoms with E-state index in [1.54, 1.807) is 18.2 Å². The summed E-state index contributed by atoms with van der Waals surface area (Å²) in [7, 11) is 0. The van der Waals surface area contributed by atoms with Crippen LogP contribution in [-0.2, 0) is 14.3 Å². The topological polar surface area (TPSA) is 43.4 Å². The van der Waals surface area contributed by atoms with Crippen molar-refractivity contribution in [2.75, 3.05) is 0 Å². The van der Waals surface area contributed by atoms with Crippen molar-refractivity contribution in [3.8, 4) is 0 Å². The van der Waals surface area contributed by atoms with Gasteiger partial charge >= 0.3 is 0 Å². The fourth-order valence-electron chi connectivity index (χ4n) is 0.548. The molecule has 0 aromatic heterocycles. The summed E-state index contributed by atoms with van der Waals surface area (Å²) in [5, 5.41) is 0. The predicted molar refractivity (Wildman–Crippen MR) is 41.0 cm³/mol. The van der Waals surface area contributed by atoms with Gasteiger partial charge in [-0.15, -0.1) is 0 Å². The first kappa shape index (κ1) is 9.62. The van der Waals surface area contributed by atoms with Crippen LogP contribution in [0.15, 0.2) is 24.8 Å². The largest absolute Gasteiger partial charge is 0.460 e. The van der Waals surface area contributed by atoms with E-state index in [4.69, 9.17) is 0 Å². The molecular formula is C8H10O3. The third kappa shape index (κ3) is 5.08. The Bertz CT molecular complexity index is 151. The van der Waals surface area contributed by atoms with Crippen molar-refractivity contribution < 1.29 is 14.3 Å². The second-order valence-corrected chi connectivity index (χ2v) is 1.79. The first-order chi connectivity index (χ1) is 5.35. The molecule has 0 spiro atoms. The number of allylic oxidation sites excluding steroid dienone is 2. The standard InChI is InChI=1S/C8H10O3/c1-2-3-4-8(5-6-9)11-7-10/h2-4,6-8H,1,5H2/b4-3+/t8-/m1/s1. The fourth-order valence-corrected chi connectivity index (χ4v) is 0.548. The Kier molecular flexibility index (Phi) is 5.89. The van der Waals surface area contributed by atoms with E-state index in [1.807, 2.05) is 0 Å². The van der Waals surface area contributed by atoms with Gasteiger partial charge in [-0.05, 0) is 6.08 Å². The van der Waals surface area contributed by atoms with Crippen LogP contribution in [0.4, 0.5) is 0 Å². The van der Waals surface area contributed by atoms with Gasteiger partial charge in [-0.2, -0.15) is 0 Å². The van der Waals surface area contributed by atoms with E-state index in [0.29, 0.717) is 12.8 Å². The summed E-state index contributed by atoms with van der Waals surface area (Å²) in [5.74, 6) is 0. The van der Waals surface area contributed by atoms with Crippen LogP contribution >= 0.6 is 0 Å². The highest BCUT2D eigenvalue weighted by Gasteiger charge is 2.01. The maximum Gasteiger partial charge on any atom is 0.293 e. The van der Waals surface area contributed by atoms with E-state index >= 15 is 0 Å². The van der Waals surface area contributed by atoms with Gasteiger partial charge in [-0.1, -0.05) is 18.7 Å². The molecule has 3 heteroatoms. The third-order valence-corrected chi connectivity index (χ3v) is 1.02. The first-order valence-corrected chi connectivity index (χ1v) is 3.17. The molecule has 60 valence electrons. The van der Waals surface area contributed by atoms with Crippen molar-refractivity contribution in [1.29, 1.82) is 0 Å². The highest BCUT2D eigenvalue weighted by molar-refractivity contribution is 5.51. The molecule has 0 unspecified atom stereocenters. The van der Waals surface area contributed by atoms with E-state index in [0.717, 1.165) is 0 Å². The number of carbonyl (C=O) groups is 2. The van der Waals surface area contributed by atoms with Gasteiger partial charge < -0.3 is 9.53 Å². The quantitative estimate of drug-likeness (QED) is 0.421. The van der Waals surface area contributed by atoms with Crippen molar-refractivity contribution in [2.45, 2.75) is 12.5 Å². The Morgan fingerprint density at radius 3 is 2.64 bits per heavy atom. The molecule has 0 aliphatic carbocycles. The van der Waals surface area contributed by atoms with Gasteiger partial charge in [0.05, 0.1) is 0 Å². The number of carbonyl (C=O) groups excluding carboxylic acids is 2. The Morgan fingerprint density at radius 2 is 2.18 bits per heavy atom. The van der Waals surface area contributed by atoms with Crippen LogP contribution in [0.25, 0.3) is 0 Å². The molecule has 1 atom stereocenters. The van der Waals surface area contributed by atoms with Crippen LogP contribution in [0, 0.1) is 0 Å². The van der Waals surface area contributed by atoms with Crippen molar-refractivity contribution in [1.82, 2.24) is 0 Å². The molecule has 0 saturated heterocycles. The lowest BCUT2D eigenvalue weighted by molar-refractivity contribution is -0.132. The van der Waals surface area contributed by atoms with E-state index in [-0.39, 0.29) is 6.42 Å². The van der Waals surface area contributed by atoms with Crippen LogP contribution in [0.1, 0.15) is 6.42 Å². The van der Waals surface area contributed by atoms with E-state index < -0.39 is 6.10 Å². The second-order valence-electron chi connectivity index (χ2n) is 1.79. The average Bonchev–Trinajstić information content (AvgIpc) is 2.01. The van der Waals surface area contributed by atoms with Crippen LogP contribution in [0.3, 0.4) is 0 Å². The first-order valence-electron chi connectivity index (χ1n) is 3.17. The zero-order valence-corrected chi connectivity index (χ0v) is 6.10. The Balaban J connectivity index is 3.85. The smallest absolute Gasteiger partial charge is 0.293 e. The molecule has 0 aliphatic heterocycles.